The number of rotatable bonds is 6. The summed E-state index contributed by atoms with van der Waals surface area (Å²) in [5.74, 6) is 2.31. The minimum Gasteiger partial charge on any atom is -0.344 e. The van der Waals surface area contributed by atoms with Gasteiger partial charge in [-0.3, -0.25) is 14.2 Å². The topological polar surface area (TPSA) is 64.0 Å². The molecule has 0 bridgehead atoms. The number of aromatic nitrogens is 2. The van der Waals surface area contributed by atoms with Crippen molar-refractivity contribution in [3.8, 4) is 12.3 Å². The highest BCUT2D eigenvalue weighted by Crippen LogP contribution is 2.19. The predicted octanol–water partition coefficient (Wildman–Crippen LogP) is 2.59. The van der Waals surface area contributed by atoms with Crippen LogP contribution >= 0.6 is 11.8 Å². The molecule has 136 valence electrons. The van der Waals surface area contributed by atoms with Crippen molar-refractivity contribution in [3.63, 3.8) is 0 Å². The van der Waals surface area contributed by atoms with E-state index in [9.17, 15) is 9.59 Å². The molecule has 1 amide bonds. The van der Waals surface area contributed by atoms with E-state index in [2.05, 4.69) is 16.2 Å². The molecule has 1 N–H and O–H groups in total. The predicted molar refractivity (Wildman–Crippen MR) is 109 cm³/mol. The molecular weight excluding hydrogens is 358 g/mol. The second-order valence-electron chi connectivity index (χ2n) is 6.06. The maximum atomic E-state index is 13.0. The third-order valence-electron chi connectivity index (χ3n) is 4.01. The van der Waals surface area contributed by atoms with Crippen molar-refractivity contribution >= 4 is 28.6 Å². The molecule has 3 rings (SSSR count). The summed E-state index contributed by atoms with van der Waals surface area (Å²) in [4.78, 5) is 29.5. The van der Waals surface area contributed by atoms with Gasteiger partial charge in [-0.1, -0.05) is 59.6 Å². The zero-order valence-electron chi connectivity index (χ0n) is 14.9. The Morgan fingerprint density at radius 3 is 2.70 bits per heavy atom. The highest BCUT2D eigenvalue weighted by Gasteiger charge is 2.13. The lowest BCUT2D eigenvalue weighted by Gasteiger charge is -2.13. The molecule has 0 aliphatic rings. The van der Waals surface area contributed by atoms with Crippen LogP contribution in [0.3, 0.4) is 0 Å². The SMILES string of the molecule is C#CCNC(=O)CSc1nc2ccccc2c(=O)n1Cc1ccc(C)cc1. The summed E-state index contributed by atoms with van der Waals surface area (Å²) >= 11 is 1.23. The number of thioether (sulfide) groups is 1. The van der Waals surface area contributed by atoms with Crippen molar-refractivity contribution in [2.24, 2.45) is 0 Å². The van der Waals surface area contributed by atoms with Crippen LogP contribution < -0.4 is 10.9 Å². The van der Waals surface area contributed by atoms with Crippen molar-refractivity contribution in [3.05, 3.63) is 70.0 Å². The Balaban J connectivity index is 1.96. The van der Waals surface area contributed by atoms with E-state index in [4.69, 9.17) is 6.42 Å². The molecule has 1 aromatic heterocycles. The fourth-order valence-electron chi connectivity index (χ4n) is 2.60. The highest BCUT2D eigenvalue weighted by atomic mass is 32.2. The molecule has 6 heteroatoms. The Morgan fingerprint density at radius 2 is 1.96 bits per heavy atom. The third kappa shape index (κ3) is 4.57. The van der Waals surface area contributed by atoms with Gasteiger partial charge in [0.25, 0.3) is 5.56 Å². The van der Waals surface area contributed by atoms with E-state index in [-0.39, 0.29) is 23.8 Å². The van der Waals surface area contributed by atoms with E-state index in [0.717, 1.165) is 11.1 Å². The standard InChI is InChI=1S/C21H19N3O2S/c1-3-12-22-19(25)14-27-21-23-18-7-5-4-6-17(18)20(26)24(21)13-16-10-8-15(2)9-11-16/h1,4-11H,12-14H2,2H3,(H,22,25). The van der Waals surface area contributed by atoms with E-state index in [1.807, 2.05) is 43.3 Å². The van der Waals surface area contributed by atoms with Gasteiger partial charge in [-0.2, -0.15) is 0 Å². The number of terminal acetylenes is 1. The van der Waals surface area contributed by atoms with E-state index in [1.165, 1.54) is 11.8 Å². The molecule has 0 aliphatic heterocycles. The molecule has 0 unspecified atom stereocenters. The van der Waals surface area contributed by atoms with Gasteiger partial charge in [0.2, 0.25) is 5.91 Å². The van der Waals surface area contributed by atoms with Crippen molar-refractivity contribution < 1.29 is 4.79 Å². The van der Waals surface area contributed by atoms with Gasteiger partial charge in [0.1, 0.15) is 0 Å². The van der Waals surface area contributed by atoms with Gasteiger partial charge < -0.3 is 5.32 Å². The quantitative estimate of drug-likeness (QED) is 0.407. The Labute approximate surface area is 161 Å². The molecule has 0 fully saturated rings. The zero-order valence-corrected chi connectivity index (χ0v) is 15.8. The third-order valence-corrected chi connectivity index (χ3v) is 4.98. The van der Waals surface area contributed by atoms with Crippen molar-refractivity contribution in [2.75, 3.05) is 12.3 Å². The van der Waals surface area contributed by atoms with Gasteiger partial charge in [0.15, 0.2) is 5.16 Å². The second kappa shape index (κ2) is 8.56. The van der Waals surface area contributed by atoms with Crippen LogP contribution in [0.4, 0.5) is 0 Å². The average molecular weight is 377 g/mol. The van der Waals surface area contributed by atoms with Crippen LogP contribution in [0.15, 0.2) is 58.5 Å². The van der Waals surface area contributed by atoms with Gasteiger partial charge in [-0.25, -0.2) is 4.98 Å². The highest BCUT2D eigenvalue weighted by molar-refractivity contribution is 7.99. The van der Waals surface area contributed by atoms with Crippen LogP contribution in [0.5, 0.6) is 0 Å². The molecule has 0 saturated heterocycles. The first-order chi connectivity index (χ1) is 13.1. The van der Waals surface area contributed by atoms with Crippen LogP contribution in [-0.4, -0.2) is 27.8 Å². The Morgan fingerprint density at radius 1 is 1.22 bits per heavy atom. The molecule has 0 saturated carbocycles. The Kier molecular flexibility index (Phi) is 5.94. The maximum Gasteiger partial charge on any atom is 0.262 e. The first-order valence-corrected chi connectivity index (χ1v) is 9.45. The van der Waals surface area contributed by atoms with Gasteiger partial charge in [-0.05, 0) is 24.6 Å². The number of benzene rings is 2. The number of hydrogen-bond donors (Lipinski definition) is 1. The normalized spacial score (nSPS) is 10.5. The fourth-order valence-corrected chi connectivity index (χ4v) is 3.43. The molecular formula is C21H19N3O2S. The van der Waals surface area contributed by atoms with Gasteiger partial charge in [-0.15, -0.1) is 6.42 Å². The number of fused-ring (bicyclic) bond motifs is 1. The van der Waals surface area contributed by atoms with Crippen LogP contribution in [0, 0.1) is 19.3 Å². The van der Waals surface area contributed by atoms with Crippen molar-refractivity contribution in [2.45, 2.75) is 18.6 Å². The molecule has 0 aliphatic carbocycles. The van der Waals surface area contributed by atoms with E-state index in [0.29, 0.717) is 22.6 Å². The van der Waals surface area contributed by atoms with Crippen LogP contribution in [0.2, 0.25) is 0 Å². The van der Waals surface area contributed by atoms with Crippen LogP contribution in [0.1, 0.15) is 11.1 Å². The molecule has 3 aromatic rings. The molecule has 2 aromatic carbocycles. The van der Waals surface area contributed by atoms with Crippen LogP contribution in [-0.2, 0) is 11.3 Å². The monoisotopic (exact) mass is 377 g/mol. The summed E-state index contributed by atoms with van der Waals surface area (Å²) in [6.07, 6.45) is 5.16. The van der Waals surface area contributed by atoms with E-state index in [1.54, 1.807) is 16.7 Å². The summed E-state index contributed by atoms with van der Waals surface area (Å²) in [6.45, 7) is 2.59. The lowest BCUT2D eigenvalue weighted by Crippen LogP contribution is -2.27. The summed E-state index contributed by atoms with van der Waals surface area (Å²) in [7, 11) is 0. The zero-order chi connectivity index (χ0) is 19.2. The van der Waals surface area contributed by atoms with E-state index >= 15 is 0 Å². The number of nitrogens with zero attached hydrogens (tertiary/aromatic N) is 2. The second-order valence-corrected chi connectivity index (χ2v) is 7.00. The van der Waals surface area contributed by atoms with Gasteiger partial charge >= 0.3 is 0 Å². The number of para-hydroxylation sites is 1. The molecule has 1 heterocycles. The molecule has 0 radical (unpaired) electrons. The summed E-state index contributed by atoms with van der Waals surface area (Å²) in [5, 5.41) is 3.69. The first-order valence-electron chi connectivity index (χ1n) is 8.46. The lowest BCUT2D eigenvalue weighted by molar-refractivity contribution is -0.118. The number of amides is 1. The number of carbonyl (C=O) groups excluding carboxylic acids is 1. The van der Waals surface area contributed by atoms with Gasteiger partial charge in [0, 0.05) is 0 Å². The molecule has 0 atom stereocenters. The van der Waals surface area contributed by atoms with Gasteiger partial charge in [0.05, 0.1) is 29.7 Å². The minimum absolute atomic E-state index is 0.118. The minimum atomic E-state index is -0.192. The van der Waals surface area contributed by atoms with E-state index < -0.39 is 0 Å². The Hall–Kier alpha value is -3.04. The van der Waals surface area contributed by atoms with Crippen LogP contribution in [0.25, 0.3) is 10.9 Å². The van der Waals surface area contributed by atoms with Crippen molar-refractivity contribution in [1.29, 1.82) is 0 Å². The number of hydrogen-bond acceptors (Lipinski definition) is 4. The number of nitrogens with one attached hydrogen (secondary N) is 1. The summed E-state index contributed by atoms with van der Waals surface area (Å²) in [5.41, 5.74) is 2.66. The fraction of sp³-hybridized carbons (Fsp3) is 0.190. The first kappa shape index (κ1) is 18.7. The average Bonchev–Trinajstić information content (AvgIpc) is 2.68. The molecule has 5 nitrogen and oxygen atoms in total. The molecule has 27 heavy (non-hydrogen) atoms. The summed E-state index contributed by atoms with van der Waals surface area (Å²) < 4.78 is 1.62. The smallest absolute Gasteiger partial charge is 0.262 e. The maximum absolute atomic E-state index is 13.0. The lowest BCUT2D eigenvalue weighted by atomic mass is 10.1. The molecule has 0 spiro atoms. The number of aryl methyl sites for hydroxylation is 1. The van der Waals surface area contributed by atoms with Crippen molar-refractivity contribution in [1.82, 2.24) is 14.9 Å². The Bertz CT molecular complexity index is 1070. The largest absolute Gasteiger partial charge is 0.344 e. The summed E-state index contributed by atoms with van der Waals surface area (Å²) in [6, 6.07) is 15.2. The number of carbonyl (C=O) groups is 1.